The lowest BCUT2D eigenvalue weighted by atomic mass is 9.79. The van der Waals surface area contributed by atoms with Gasteiger partial charge < -0.3 is 10.0 Å². The average Bonchev–Trinajstić information content (AvgIpc) is 2.09. The van der Waals surface area contributed by atoms with Crippen molar-refractivity contribution >= 4 is 5.91 Å². The number of nitrogens with zero attached hydrogens (tertiary/aromatic N) is 1. The van der Waals surface area contributed by atoms with Gasteiger partial charge in [0.2, 0.25) is 5.91 Å². The van der Waals surface area contributed by atoms with Gasteiger partial charge in [-0.2, -0.15) is 0 Å². The first-order chi connectivity index (χ1) is 6.34. The molecule has 0 bridgehead atoms. The number of hydrogen-bond donors (Lipinski definition) is 1. The van der Waals surface area contributed by atoms with Gasteiger partial charge in [0.1, 0.15) is 6.73 Å². The second-order valence-corrected chi connectivity index (χ2v) is 4.11. The third-order valence-corrected chi connectivity index (χ3v) is 3.38. The lowest BCUT2D eigenvalue weighted by Gasteiger charge is -2.47. The summed E-state index contributed by atoms with van der Waals surface area (Å²) in [5.74, 6) is 0.418. The van der Waals surface area contributed by atoms with Crippen molar-refractivity contribution in [3.63, 3.8) is 0 Å². The monoisotopic (exact) mass is 183 g/mol. The van der Waals surface area contributed by atoms with Crippen molar-refractivity contribution in [2.45, 2.75) is 44.6 Å². The van der Waals surface area contributed by atoms with Gasteiger partial charge in [0, 0.05) is 6.04 Å². The van der Waals surface area contributed by atoms with Gasteiger partial charge in [-0.25, -0.2) is 0 Å². The van der Waals surface area contributed by atoms with Gasteiger partial charge in [-0.15, -0.1) is 0 Å². The van der Waals surface area contributed by atoms with Crippen molar-refractivity contribution in [3.05, 3.63) is 0 Å². The molecular formula is C10H17NO2. The van der Waals surface area contributed by atoms with Crippen molar-refractivity contribution in [2.75, 3.05) is 6.73 Å². The van der Waals surface area contributed by atoms with Gasteiger partial charge in [0.05, 0.1) is 5.92 Å². The molecule has 2 rings (SSSR count). The summed E-state index contributed by atoms with van der Waals surface area (Å²) < 4.78 is 0. The Morgan fingerprint density at radius 1 is 1.23 bits per heavy atom. The maximum Gasteiger partial charge on any atom is 0.229 e. The van der Waals surface area contributed by atoms with E-state index in [1.165, 1.54) is 25.7 Å². The Balaban J connectivity index is 1.98. The lowest BCUT2D eigenvalue weighted by Crippen LogP contribution is -2.61. The minimum absolute atomic E-state index is 0.0833. The summed E-state index contributed by atoms with van der Waals surface area (Å²) in [5, 5.41) is 8.96. The van der Waals surface area contributed by atoms with Crippen molar-refractivity contribution in [1.29, 1.82) is 0 Å². The maximum atomic E-state index is 11.5. The Labute approximate surface area is 78.7 Å². The normalized spacial score (nSPS) is 34.5. The Hall–Kier alpha value is -0.570. The molecule has 3 heteroatoms. The van der Waals surface area contributed by atoms with Crippen LogP contribution < -0.4 is 0 Å². The predicted octanol–water partition coefficient (Wildman–Crippen LogP) is 1.12. The van der Waals surface area contributed by atoms with E-state index in [4.69, 9.17) is 5.11 Å². The molecule has 3 nitrogen and oxygen atoms in total. The molecule has 2 unspecified atom stereocenters. The zero-order chi connectivity index (χ0) is 9.26. The minimum Gasteiger partial charge on any atom is -0.376 e. The summed E-state index contributed by atoms with van der Waals surface area (Å²) in [6, 6.07) is 0.359. The van der Waals surface area contributed by atoms with Crippen LogP contribution in [0.15, 0.2) is 0 Å². The van der Waals surface area contributed by atoms with Crippen LogP contribution >= 0.6 is 0 Å². The fourth-order valence-electron chi connectivity index (χ4n) is 2.59. The summed E-state index contributed by atoms with van der Waals surface area (Å²) in [4.78, 5) is 13.1. The number of likely N-dealkylation sites (tertiary alicyclic amines) is 1. The molecule has 1 saturated carbocycles. The van der Waals surface area contributed by atoms with Crippen LogP contribution in [0.5, 0.6) is 0 Å². The highest BCUT2D eigenvalue weighted by molar-refractivity contribution is 5.85. The fourth-order valence-corrected chi connectivity index (χ4v) is 2.59. The number of amides is 1. The summed E-state index contributed by atoms with van der Waals surface area (Å²) in [6.07, 6.45) is 7.10. The number of aliphatic hydroxyl groups excluding tert-OH is 1. The lowest BCUT2D eigenvalue weighted by molar-refractivity contribution is -0.165. The van der Waals surface area contributed by atoms with Gasteiger partial charge >= 0.3 is 0 Å². The van der Waals surface area contributed by atoms with E-state index in [0.717, 1.165) is 12.8 Å². The molecule has 0 aromatic carbocycles. The summed E-state index contributed by atoms with van der Waals surface area (Å²) in [6.45, 7) is -0.0833. The molecule has 0 aromatic rings. The maximum absolute atomic E-state index is 11.5. The molecule has 1 amide bonds. The number of fused-ring (bicyclic) bond motifs is 1. The molecule has 1 aliphatic heterocycles. The highest BCUT2D eigenvalue weighted by Crippen LogP contribution is 2.35. The van der Waals surface area contributed by atoms with Crippen molar-refractivity contribution in [1.82, 2.24) is 4.90 Å². The zero-order valence-electron chi connectivity index (χ0n) is 7.91. The first kappa shape index (κ1) is 9.00. The second kappa shape index (κ2) is 3.66. The Morgan fingerprint density at radius 2 is 1.92 bits per heavy atom. The first-order valence-electron chi connectivity index (χ1n) is 5.26. The van der Waals surface area contributed by atoms with Crippen LogP contribution in [0, 0.1) is 5.92 Å². The Morgan fingerprint density at radius 3 is 2.62 bits per heavy atom. The van der Waals surface area contributed by atoms with Crippen LogP contribution in [-0.2, 0) is 4.79 Å². The highest BCUT2D eigenvalue weighted by atomic mass is 16.3. The number of β-lactam (4-membered cyclic amide) rings is 1. The number of carbonyl (C=O) groups excluding carboxylic acids is 1. The third kappa shape index (κ3) is 1.46. The van der Waals surface area contributed by atoms with Gasteiger partial charge in [0.15, 0.2) is 0 Å². The first-order valence-corrected chi connectivity index (χ1v) is 5.26. The van der Waals surface area contributed by atoms with Gasteiger partial charge in [-0.3, -0.25) is 4.79 Å². The van der Waals surface area contributed by atoms with Crippen LogP contribution in [-0.4, -0.2) is 28.7 Å². The van der Waals surface area contributed by atoms with E-state index in [-0.39, 0.29) is 18.6 Å². The molecule has 2 atom stereocenters. The molecule has 0 aromatic heterocycles. The van der Waals surface area contributed by atoms with Crippen LogP contribution in [0.3, 0.4) is 0 Å². The van der Waals surface area contributed by atoms with Crippen LogP contribution in [0.25, 0.3) is 0 Å². The van der Waals surface area contributed by atoms with Crippen LogP contribution in [0.2, 0.25) is 0 Å². The fraction of sp³-hybridized carbons (Fsp3) is 0.900. The largest absolute Gasteiger partial charge is 0.376 e. The molecule has 1 N–H and O–H groups in total. The molecule has 2 fully saturated rings. The molecule has 1 aliphatic carbocycles. The van der Waals surface area contributed by atoms with E-state index >= 15 is 0 Å². The quantitative estimate of drug-likeness (QED) is 0.619. The van der Waals surface area contributed by atoms with Crippen molar-refractivity contribution in [2.24, 2.45) is 5.92 Å². The van der Waals surface area contributed by atoms with E-state index in [0.29, 0.717) is 6.04 Å². The number of hydrogen-bond acceptors (Lipinski definition) is 2. The zero-order valence-corrected chi connectivity index (χ0v) is 7.91. The van der Waals surface area contributed by atoms with Crippen LogP contribution in [0.1, 0.15) is 38.5 Å². The van der Waals surface area contributed by atoms with Gasteiger partial charge in [0.25, 0.3) is 0 Å². The average molecular weight is 183 g/mol. The minimum atomic E-state index is -0.0833. The third-order valence-electron chi connectivity index (χ3n) is 3.38. The SMILES string of the molecule is O=C1C2CCCCCCC2N1CO. The van der Waals surface area contributed by atoms with E-state index < -0.39 is 0 Å². The molecule has 1 saturated heterocycles. The topological polar surface area (TPSA) is 40.5 Å². The second-order valence-electron chi connectivity index (χ2n) is 4.11. The van der Waals surface area contributed by atoms with Crippen molar-refractivity contribution < 1.29 is 9.90 Å². The predicted molar refractivity (Wildman–Crippen MR) is 48.9 cm³/mol. The molecule has 74 valence electrons. The molecular weight excluding hydrogens is 166 g/mol. The van der Waals surface area contributed by atoms with E-state index in [1.807, 2.05) is 0 Å². The molecule has 2 aliphatic rings. The smallest absolute Gasteiger partial charge is 0.229 e. The standard InChI is InChI=1S/C10H17NO2/c12-7-11-9-6-4-2-1-3-5-8(9)10(11)13/h8-9,12H,1-7H2. The van der Waals surface area contributed by atoms with E-state index in [9.17, 15) is 4.79 Å². The number of rotatable bonds is 1. The summed E-state index contributed by atoms with van der Waals surface area (Å²) in [5.41, 5.74) is 0. The summed E-state index contributed by atoms with van der Waals surface area (Å²) >= 11 is 0. The number of aliphatic hydroxyl groups is 1. The molecule has 0 spiro atoms. The van der Waals surface area contributed by atoms with E-state index in [2.05, 4.69) is 0 Å². The van der Waals surface area contributed by atoms with Gasteiger partial charge in [-0.05, 0) is 12.8 Å². The molecule has 1 heterocycles. The highest BCUT2D eigenvalue weighted by Gasteiger charge is 2.45. The molecule has 13 heavy (non-hydrogen) atoms. The molecule has 0 radical (unpaired) electrons. The van der Waals surface area contributed by atoms with Crippen molar-refractivity contribution in [3.8, 4) is 0 Å². The van der Waals surface area contributed by atoms with E-state index in [1.54, 1.807) is 4.90 Å². The Kier molecular flexibility index (Phi) is 2.54. The Bertz CT molecular complexity index is 205. The van der Waals surface area contributed by atoms with Gasteiger partial charge in [-0.1, -0.05) is 25.7 Å². The summed E-state index contributed by atoms with van der Waals surface area (Å²) in [7, 11) is 0. The number of carbonyl (C=O) groups is 1. The van der Waals surface area contributed by atoms with Crippen LogP contribution in [0.4, 0.5) is 0 Å².